The highest BCUT2D eigenvalue weighted by Gasteiger charge is 2.29. The molecular formula is C24H25ClFN5O. The number of halogens is 2. The van der Waals surface area contributed by atoms with Crippen molar-refractivity contribution in [3.63, 3.8) is 0 Å². The van der Waals surface area contributed by atoms with Gasteiger partial charge in [0.25, 0.3) is 0 Å². The highest BCUT2D eigenvalue weighted by atomic mass is 35.5. The number of rotatable bonds is 5. The lowest BCUT2D eigenvalue weighted by Crippen LogP contribution is -2.27. The Morgan fingerprint density at radius 1 is 1.22 bits per heavy atom. The Labute approximate surface area is 191 Å². The van der Waals surface area contributed by atoms with Crippen molar-refractivity contribution in [2.24, 2.45) is 0 Å². The van der Waals surface area contributed by atoms with E-state index in [2.05, 4.69) is 21.9 Å². The quantitative estimate of drug-likeness (QED) is 0.545. The molecule has 0 radical (unpaired) electrons. The third-order valence-corrected chi connectivity index (χ3v) is 5.95. The van der Waals surface area contributed by atoms with E-state index >= 15 is 0 Å². The number of aryl methyl sites for hydroxylation is 2. The van der Waals surface area contributed by atoms with Gasteiger partial charge in [-0.3, -0.25) is 0 Å². The predicted octanol–water partition coefficient (Wildman–Crippen LogP) is 5.05. The Balaban J connectivity index is 1.84. The van der Waals surface area contributed by atoms with Crippen LogP contribution in [0.2, 0.25) is 5.02 Å². The molecule has 1 aliphatic rings. The van der Waals surface area contributed by atoms with E-state index in [4.69, 9.17) is 26.3 Å². The van der Waals surface area contributed by atoms with Gasteiger partial charge in [0, 0.05) is 36.4 Å². The predicted molar refractivity (Wildman–Crippen MR) is 124 cm³/mol. The zero-order valence-corrected chi connectivity index (χ0v) is 19.1. The van der Waals surface area contributed by atoms with Crippen LogP contribution in [0, 0.1) is 19.7 Å². The highest BCUT2D eigenvalue weighted by Crippen LogP contribution is 2.35. The van der Waals surface area contributed by atoms with Crippen molar-refractivity contribution >= 4 is 22.8 Å². The summed E-state index contributed by atoms with van der Waals surface area (Å²) in [5.74, 6) is 0.177. The summed E-state index contributed by atoms with van der Waals surface area (Å²) in [7, 11) is 1.84. The maximum atomic E-state index is 14.9. The van der Waals surface area contributed by atoms with Crippen LogP contribution in [0.5, 0.6) is 0 Å². The number of nitrogens with one attached hydrogen (secondary N) is 1. The first-order valence-corrected chi connectivity index (χ1v) is 10.9. The number of hydrogen-bond acceptors (Lipinski definition) is 6. The first-order valence-electron chi connectivity index (χ1n) is 10.5. The summed E-state index contributed by atoms with van der Waals surface area (Å²) >= 11 is 5.97. The minimum Gasteiger partial charge on any atom is -0.394 e. The molecule has 1 N–H and O–H groups in total. The van der Waals surface area contributed by atoms with Crippen molar-refractivity contribution < 1.29 is 9.13 Å². The summed E-state index contributed by atoms with van der Waals surface area (Å²) in [6.45, 7) is 8.21. The topological polar surface area (TPSA) is 72.8 Å². The molecule has 2 atom stereocenters. The molecule has 0 amide bonds. The van der Waals surface area contributed by atoms with Crippen molar-refractivity contribution in [2.75, 3.05) is 13.7 Å². The summed E-state index contributed by atoms with van der Waals surface area (Å²) in [4.78, 5) is 18.8. The van der Waals surface area contributed by atoms with Gasteiger partial charge in [0.15, 0.2) is 5.65 Å². The first kappa shape index (κ1) is 22.3. The molecule has 0 spiro atoms. The second-order valence-electron chi connectivity index (χ2n) is 7.84. The van der Waals surface area contributed by atoms with Gasteiger partial charge in [-0.25, -0.2) is 24.3 Å². The summed E-state index contributed by atoms with van der Waals surface area (Å²) < 4.78 is 20.8. The maximum absolute atomic E-state index is 14.9. The van der Waals surface area contributed by atoms with Gasteiger partial charge in [0.1, 0.15) is 22.9 Å². The average Bonchev–Trinajstić information content (AvgIpc) is 2.78. The van der Waals surface area contributed by atoms with Crippen molar-refractivity contribution in [2.45, 2.75) is 38.7 Å². The Kier molecular flexibility index (Phi) is 6.48. The fraction of sp³-hybridized carbons (Fsp3) is 0.333. The number of fused-ring (bicyclic) bond motifs is 1. The van der Waals surface area contributed by atoms with Gasteiger partial charge in [-0.05, 0) is 50.5 Å². The van der Waals surface area contributed by atoms with Gasteiger partial charge in [-0.15, -0.1) is 0 Å². The highest BCUT2D eigenvalue weighted by molar-refractivity contribution is 6.30. The summed E-state index contributed by atoms with van der Waals surface area (Å²) in [5, 5.41) is 3.36. The van der Waals surface area contributed by atoms with Gasteiger partial charge in [0.2, 0.25) is 0 Å². The van der Waals surface area contributed by atoms with Crippen LogP contribution in [0.3, 0.4) is 0 Å². The minimum atomic E-state index is -0.459. The van der Waals surface area contributed by atoms with Crippen LogP contribution < -0.4 is 5.32 Å². The molecule has 3 aromatic rings. The fourth-order valence-corrected chi connectivity index (χ4v) is 4.05. The fourth-order valence-electron chi connectivity index (χ4n) is 3.89. The molecule has 2 aromatic heterocycles. The molecular weight excluding hydrogens is 429 g/mol. The van der Waals surface area contributed by atoms with Crippen LogP contribution in [0.4, 0.5) is 4.39 Å². The van der Waals surface area contributed by atoms with E-state index in [1.807, 2.05) is 27.1 Å². The van der Waals surface area contributed by atoms with Gasteiger partial charge in [-0.2, -0.15) is 0 Å². The summed E-state index contributed by atoms with van der Waals surface area (Å²) in [5.41, 5.74) is 4.18. The third kappa shape index (κ3) is 4.36. The maximum Gasteiger partial charge on any atom is 0.182 e. The second kappa shape index (κ2) is 9.30. The molecule has 166 valence electrons. The Hall–Kier alpha value is -2.90. The minimum absolute atomic E-state index is 0.0240. The number of ether oxygens (including phenoxy) is 1. The van der Waals surface area contributed by atoms with Crippen LogP contribution in [0.1, 0.15) is 36.0 Å². The van der Waals surface area contributed by atoms with E-state index in [0.717, 1.165) is 23.4 Å². The zero-order valence-electron chi connectivity index (χ0n) is 18.3. The van der Waals surface area contributed by atoms with E-state index < -0.39 is 5.82 Å². The Bertz CT molecular complexity index is 1210. The van der Waals surface area contributed by atoms with Crippen LogP contribution >= 0.6 is 11.6 Å². The molecule has 1 aliphatic heterocycles. The van der Waals surface area contributed by atoms with E-state index in [1.165, 1.54) is 6.07 Å². The lowest BCUT2D eigenvalue weighted by molar-refractivity contribution is 0.0297. The molecule has 32 heavy (non-hydrogen) atoms. The van der Waals surface area contributed by atoms with Gasteiger partial charge >= 0.3 is 0 Å². The Morgan fingerprint density at radius 2 is 2.00 bits per heavy atom. The van der Waals surface area contributed by atoms with E-state index in [0.29, 0.717) is 46.3 Å². The van der Waals surface area contributed by atoms with Crippen molar-refractivity contribution in [1.29, 1.82) is 0 Å². The molecule has 0 aliphatic carbocycles. The number of benzene rings is 1. The molecule has 0 bridgehead atoms. The molecule has 4 rings (SSSR count). The molecule has 0 unspecified atom stereocenters. The molecule has 1 saturated heterocycles. The first-order chi connectivity index (χ1) is 15.4. The zero-order chi connectivity index (χ0) is 22.8. The molecule has 1 aromatic carbocycles. The lowest BCUT2D eigenvalue weighted by Gasteiger charge is -2.29. The largest absolute Gasteiger partial charge is 0.394 e. The standard InChI is InChI=1S/C24H25ClFN5O/c1-5-15(12-27-4)20-10-16(8-9-32-20)23-30-21(18-7-6-17(25)11-19(18)26)22-24(31-23)29-14(3)13(2)28-22/h5-7,11-12,16,20,27H,1,8-10H2,2-4H3/b15-12+/t16-,20+/m1/s1. The number of aromatic nitrogens is 4. The summed E-state index contributed by atoms with van der Waals surface area (Å²) in [6.07, 6.45) is 4.99. The van der Waals surface area contributed by atoms with Gasteiger partial charge < -0.3 is 10.1 Å². The van der Waals surface area contributed by atoms with E-state index in [9.17, 15) is 4.39 Å². The number of nitrogens with zero attached hydrogens (tertiary/aromatic N) is 4. The van der Waals surface area contributed by atoms with Crippen LogP contribution in [-0.2, 0) is 4.74 Å². The van der Waals surface area contributed by atoms with E-state index in [1.54, 1.807) is 18.2 Å². The normalized spacial score (nSPS) is 19.2. The van der Waals surface area contributed by atoms with Crippen LogP contribution in [-0.4, -0.2) is 39.7 Å². The van der Waals surface area contributed by atoms with Crippen molar-refractivity contribution in [3.8, 4) is 11.3 Å². The van der Waals surface area contributed by atoms with Crippen LogP contribution in [0.15, 0.2) is 42.6 Å². The SMILES string of the molecule is C=C/C(=C\NC)[C@@H]1C[C@H](c2nc(-c3ccc(Cl)cc3F)c3nc(C)c(C)nc3n2)CCO1. The third-order valence-electron chi connectivity index (χ3n) is 5.71. The van der Waals surface area contributed by atoms with E-state index in [-0.39, 0.29) is 12.0 Å². The van der Waals surface area contributed by atoms with Crippen LogP contribution in [0.25, 0.3) is 22.4 Å². The lowest BCUT2D eigenvalue weighted by atomic mass is 9.91. The van der Waals surface area contributed by atoms with Gasteiger partial charge in [0.05, 0.1) is 17.5 Å². The smallest absolute Gasteiger partial charge is 0.182 e. The molecule has 6 nitrogen and oxygen atoms in total. The van der Waals surface area contributed by atoms with Crippen molar-refractivity contribution in [3.05, 3.63) is 70.7 Å². The second-order valence-corrected chi connectivity index (χ2v) is 8.28. The molecule has 0 saturated carbocycles. The Morgan fingerprint density at radius 3 is 2.72 bits per heavy atom. The van der Waals surface area contributed by atoms with Gasteiger partial charge in [-0.1, -0.05) is 24.3 Å². The molecule has 8 heteroatoms. The number of hydrogen-bond donors (Lipinski definition) is 1. The average molecular weight is 454 g/mol. The monoisotopic (exact) mass is 453 g/mol. The molecule has 3 heterocycles. The molecule has 1 fully saturated rings. The summed E-state index contributed by atoms with van der Waals surface area (Å²) in [6, 6.07) is 4.55. The van der Waals surface area contributed by atoms with Crippen molar-refractivity contribution in [1.82, 2.24) is 25.3 Å².